The molecule has 7 nitrogen and oxygen atoms in total. The maximum atomic E-state index is 13.4. The largest absolute Gasteiger partial charge is 0.497 e. The van der Waals surface area contributed by atoms with E-state index < -0.39 is 11.6 Å². The maximum Gasteiger partial charge on any atom is 0.325 e. The number of nitrogens with one attached hydrogen (secondary N) is 1. The molecule has 1 aliphatic carbocycles. The average Bonchev–Trinajstić information content (AvgIpc) is 3.46. The van der Waals surface area contributed by atoms with E-state index in [9.17, 15) is 9.59 Å². The van der Waals surface area contributed by atoms with Crippen LogP contribution in [-0.4, -0.2) is 28.9 Å². The number of urea groups is 1. The van der Waals surface area contributed by atoms with Crippen LogP contribution in [0.3, 0.4) is 0 Å². The monoisotopic (exact) mass is 409 g/mol. The van der Waals surface area contributed by atoms with Crippen molar-refractivity contribution in [1.82, 2.24) is 15.2 Å². The number of carbonyl (C=O) groups is 2. The Bertz CT molecular complexity index is 1090. The second-order valence-corrected chi connectivity index (χ2v) is 8.17. The number of oxazole rings is 1. The van der Waals surface area contributed by atoms with Crippen molar-refractivity contribution in [1.29, 1.82) is 0 Å². The topological polar surface area (TPSA) is 84.7 Å². The van der Waals surface area contributed by atoms with Crippen LogP contribution in [0.1, 0.15) is 29.7 Å². The van der Waals surface area contributed by atoms with Crippen molar-refractivity contribution in [3.05, 3.63) is 58.8 Å². The van der Waals surface area contributed by atoms with Crippen molar-refractivity contribution in [2.45, 2.75) is 31.3 Å². The summed E-state index contributed by atoms with van der Waals surface area (Å²) in [6.07, 6.45) is 3.74. The number of aromatic nitrogens is 1. The van der Waals surface area contributed by atoms with E-state index in [4.69, 9.17) is 9.15 Å². The Labute approximate surface area is 171 Å². The van der Waals surface area contributed by atoms with Gasteiger partial charge < -0.3 is 14.5 Å². The summed E-state index contributed by atoms with van der Waals surface area (Å²) in [7, 11) is 1.62. The fraction of sp³-hybridized carbons (Fsp3) is 0.286. The van der Waals surface area contributed by atoms with Crippen LogP contribution < -0.4 is 10.1 Å². The molecular weight excluding hydrogens is 390 g/mol. The summed E-state index contributed by atoms with van der Waals surface area (Å²) in [6, 6.07) is 9.10. The molecule has 1 aliphatic heterocycles. The molecule has 1 fully saturated rings. The fourth-order valence-electron chi connectivity index (χ4n) is 4.18. The number of methoxy groups -OCH3 is 1. The Balaban J connectivity index is 1.44. The van der Waals surface area contributed by atoms with E-state index >= 15 is 0 Å². The van der Waals surface area contributed by atoms with E-state index in [0.29, 0.717) is 18.0 Å². The van der Waals surface area contributed by atoms with E-state index in [2.05, 4.69) is 10.3 Å². The first kappa shape index (κ1) is 17.9. The Morgan fingerprint density at radius 3 is 3.03 bits per heavy atom. The van der Waals surface area contributed by atoms with E-state index in [1.54, 1.807) is 7.11 Å². The van der Waals surface area contributed by atoms with Crippen LogP contribution in [-0.2, 0) is 23.3 Å². The molecule has 1 spiro atoms. The van der Waals surface area contributed by atoms with Gasteiger partial charge >= 0.3 is 6.03 Å². The van der Waals surface area contributed by atoms with Gasteiger partial charge in [-0.05, 0) is 54.0 Å². The van der Waals surface area contributed by atoms with Crippen molar-refractivity contribution < 1.29 is 18.7 Å². The summed E-state index contributed by atoms with van der Waals surface area (Å²) in [5.74, 6) is 0.999. The molecule has 3 aromatic rings. The van der Waals surface area contributed by atoms with Crippen LogP contribution in [0.4, 0.5) is 4.79 Å². The molecule has 0 radical (unpaired) electrons. The van der Waals surface area contributed by atoms with Gasteiger partial charge in [-0.1, -0.05) is 12.1 Å². The Morgan fingerprint density at radius 1 is 1.34 bits per heavy atom. The van der Waals surface area contributed by atoms with Gasteiger partial charge in [0, 0.05) is 0 Å². The average molecular weight is 409 g/mol. The summed E-state index contributed by atoms with van der Waals surface area (Å²) < 4.78 is 10.8. The third-order valence-corrected chi connectivity index (χ3v) is 6.41. The lowest BCUT2D eigenvalue weighted by molar-refractivity contribution is -0.132. The number of thiophene rings is 1. The number of aryl methyl sites for hydroxylation is 1. The summed E-state index contributed by atoms with van der Waals surface area (Å²) in [5, 5.41) is 4.90. The summed E-state index contributed by atoms with van der Waals surface area (Å²) >= 11 is 1.52. The van der Waals surface area contributed by atoms with Crippen LogP contribution in [0.15, 0.2) is 46.4 Å². The first-order chi connectivity index (χ1) is 14.1. The minimum atomic E-state index is -1.02. The first-order valence-corrected chi connectivity index (χ1v) is 10.3. The van der Waals surface area contributed by atoms with E-state index in [-0.39, 0.29) is 12.5 Å². The molecule has 3 heterocycles. The molecule has 0 saturated carbocycles. The number of hydrogen-bond acceptors (Lipinski definition) is 6. The zero-order chi connectivity index (χ0) is 20.0. The Kier molecular flexibility index (Phi) is 4.16. The third-order valence-electron chi connectivity index (χ3n) is 5.55. The molecule has 2 aromatic heterocycles. The third kappa shape index (κ3) is 2.82. The molecule has 5 rings (SSSR count). The number of nitrogens with zero attached hydrogens (tertiary/aromatic N) is 2. The Morgan fingerprint density at radius 2 is 2.24 bits per heavy atom. The highest BCUT2D eigenvalue weighted by Crippen LogP contribution is 2.41. The van der Waals surface area contributed by atoms with Gasteiger partial charge in [-0.2, -0.15) is 0 Å². The van der Waals surface area contributed by atoms with Crippen LogP contribution in [0.2, 0.25) is 0 Å². The number of amides is 3. The van der Waals surface area contributed by atoms with Gasteiger partial charge in [-0.15, -0.1) is 11.3 Å². The van der Waals surface area contributed by atoms with Crippen molar-refractivity contribution in [2.75, 3.05) is 7.11 Å². The molecule has 1 saturated heterocycles. The predicted molar refractivity (Wildman–Crippen MR) is 107 cm³/mol. The minimum Gasteiger partial charge on any atom is -0.497 e. The normalized spacial score (nSPS) is 20.8. The van der Waals surface area contributed by atoms with Crippen molar-refractivity contribution in [2.24, 2.45) is 0 Å². The van der Waals surface area contributed by atoms with Crippen molar-refractivity contribution in [3.8, 4) is 16.5 Å². The quantitative estimate of drug-likeness (QED) is 0.664. The second-order valence-electron chi connectivity index (χ2n) is 7.22. The zero-order valence-electron chi connectivity index (χ0n) is 15.8. The first-order valence-electron chi connectivity index (χ1n) is 9.40. The van der Waals surface area contributed by atoms with Gasteiger partial charge in [0.1, 0.15) is 17.6 Å². The van der Waals surface area contributed by atoms with Crippen LogP contribution >= 0.6 is 11.3 Å². The summed E-state index contributed by atoms with van der Waals surface area (Å²) in [4.78, 5) is 32.7. The Hall–Kier alpha value is -3.13. The highest BCUT2D eigenvalue weighted by molar-refractivity contribution is 7.13. The fourth-order valence-corrected chi connectivity index (χ4v) is 4.83. The molecule has 3 amide bonds. The van der Waals surface area contributed by atoms with Gasteiger partial charge in [0.25, 0.3) is 5.91 Å². The lowest BCUT2D eigenvalue weighted by Gasteiger charge is -2.33. The van der Waals surface area contributed by atoms with Crippen molar-refractivity contribution in [3.63, 3.8) is 0 Å². The lowest BCUT2D eigenvalue weighted by atomic mass is 9.76. The number of benzene rings is 1. The second kappa shape index (κ2) is 6.73. The SMILES string of the molecule is COc1ccc2c(c1)CCCC21NC(=O)N(Cc2coc(-c3cccs3)n2)C1=O. The summed E-state index contributed by atoms with van der Waals surface area (Å²) in [5.41, 5.74) is 1.41. The number of fused-ring (bicyclic) bond motifs is 2. The molecule has 0 bridgehead atoms. The van der Waals surface area contributed by atoms with Gasteiger partial charge in [-0.25, -0.2) is 9.78 Å². The molecule has 29 heavy (non-hydrogen) atoms. The van der Waals surface area contributed by atoms with Gasteiger partial charge in [-0.3, -0.25) is 9.69 Å². The number of hydrogen-bond donors (Lipinski definition) is 1. The van der Waals surface area contributed by atoms with Crippen molar-refractivity contribution >= 4 is 23.3 Å². The van der Waals surface area contributed by atoms with Gasteiger partial charge in [0.05, 0.1) is 24.2 Å². The highest BCUT2D eigenvalue weighted by Gasteiger charge is 2.54. The molecular formula is C21H19N3O4S. The van der Waals surface area contributed by atoms with E-state index in [1.807, 2.05) is 35.7 Å². The lowest BCUT2D eigenvalue weighted by Crippen LogP contribution is -2.46. The number of rotatable bonds is 4. The minimum absolute atomic E-state index is 0.0762. The predicted octanol–water partition coefficient (Wildman–Crippen LogP) is 3.70. The maximum absolute atomic E-state index is 13.4. The van der Waals surface area contributed by atoms with Gasteiger partial charge in [0.15, 0.2) is 0 Å². The molecule has 1 atom stereocenters. The number of carbonyl (C=O) groups excluding carboxylic acids is 2. The molecule has 8 heteroatoms. The molecule has 2 aliphatic rings. The zero-order valence-corrected chi connectivity index (χ0v) is 16.6. The molecule has 1 N–H and O–H groups in total. The smallest absolute Gasteiger partial charge is 0.325 e. The molecule has 148 valence electrons. The molecule has 1 unspecified atom stereocenters. The summed E-state index contributed by atoms with van der Waals surface area (Å²) in [6.45, 7) is 0.0762. The number of imide groups is 1. The van der Waals surface area contributed by atoms with Crippen LogP contribution in [0.25, 0.3) is 10.8 Å². The highest BCUT2D eigenvalue weighted by atomic mass is 32.1. The standard InChI is InChI=1S/C21H19N3O4S/c1-27-15-6-7-16-13(10-15)4-2-8-21(16)19(25)24(20(26)23-21)11-14-12-28-18(22-14)17-5-3-9-29-17/h3,5-7,9-10,12H,2,4,8,11H2,1H3,(H,23,26). The number of ether oxygens (including phenoxy) is 1. The van der Waals surface area contributed by atoms with Crippen LogP contribution in [0, 0.1) is 0 Å². The van der Waals surface area contributed by atoms with E-state index in [1.165, 1.54) is 22.5 Å². The van der Waals surface area contributed by atoms with Crippen LogP contribution in [0.5, 0.6) is 5.75 Å². The van der Waals surface area contributed by atoms with Gasteiger partial charge in [0.2, 0.25) is 5.89 Å². The molecule has 1 aromatic carbocycles. The van der Waals surface area contributed by atoms with E-state index in [0.717, 1.165) is 34.6 Å².